The first kappa shape index (κ1) is 15.4. The smallest absolute Gasteiger partial charge is 0.255 e. The van der Waals surface area contributed by atoms with Crippen LogP contribution in [0.2, 0.25) is 0 Å². The van der Waals surface area contributed by atoms with Crippen molar-refractivity contribution in [3.05, 3.63) is 23.9 Å². The number of nitrogens with zero attached hydrogens (tertiary/aromatic N) is 2. The van der Waals surface area contributed by atoms with Gasteiger partial charge in [-0.05, 0) is 24.5 Å². The van der Waals surface area contributed by atoms with E-state index in [1.54, 1.807) is 23.2 Å². The van der Waals surface area contributed by atoms with E-state index < -0.39 is 0 Å². The number of amides is 1. The lowest BCUT2D eigenvalue weighted by atomic mass is 10.0. The van der Waals surface area contributed by atoms with Gasteiger partial charge in [0.15, 0.2) is 0 Å². The van der Waals surface area contributed by atoms with Gasteiger partial charge in [-0.3, -0.25) is 4.79 Å². The maximum absolute atomic E-state index is 12.2. The molecule has 1 amide bonds. The van der Waals surface area contributed by atoms with E-state index in [0.717, 1.165) is 6.42 Å². The standard InChI is InChI=1S/C14H23N3O2/c1-10(2)8-11(9-18)16-14(19)12-6-5-7-15-13(12)17(3)4/h5-7,10-11,18H,8-9H2,1-4H3,(H,16,19). The molecule has 1 unspecified atom stereocenters. The summed E-state index contributed by atoms with van der Waals surface area (Å²) in [4.78, 5) is 18.2. The molecule has 0 aromatic carbocycles. The molecule has 5 nitrogen and oxygen atoms in total. The Hall–Kier alpha value is -1.62. The predicted octanol–water partition coefficient (Wildman–Crippen LogP) is 1.28. The highest BCUT2D eigenvalue weighted by molar-refractivity contribution is 5.98. The lowest BCUT2D eigenvalue weighted by Crippen LogP contribution is -2.39. The summed E-state index contributed by atoms with van der Waals surface area (Å²) in [5.74, 6) is 0.845. The van der Waals surface area contributed by atoms with Gasteiger partial charge in [0.05, 0.1) is 18.2 Å². The lowest BCUT2D eigenvalue weighted by Gasteiger charge is -2.20. The molecule has 0 saturated heterocycles. The minimum absolute atomic E-state index is 0.0541. The maximum atomic E-state index is 12.2. The van der Waals surface area contributed by atoms with Gasteiger partial charge in [0.25, 0.3) is 5.91 Å². The molecule has 1 aromatic heterocycles. The summed E-state index contributed by atoms with van der Waals surface area (Å²) in [6, 6.07) is 3.25. The number of nitrogens with one attached hydrogen (secondary N) is 1. The Morgan fingerprint density at radius 3 is 2.68 bits per heavy atom. The molecule has 0 saturated carbocycles. The zero-order valence-corrected chi connectivity index (χ0v) is 12.1. The quantitative estimate of drug-likeness (QED) is 0.813. The number of carbonyl (C=O) groups excluding carboxylic acids is 1. The summed E-state index contributed by atoms with van der Waals surface area (Å²) in [7, 11) is 3.69. The topological polar surface area (TPSA) is 65.5 Å². The van der Waals surface area contributed by atoms with Crippen molar-refractivity contribution in [1.29, 1.82) is 0 Å². The highest BCUT2D eigenvalue weighted by Gasteiger charge is 2.18. The molecule has 0 fully saturated rings. The van der Waals surface area contributed by atoms with Crippen LogP contribution in [-0.4, -0.2) is 42.7 Å². The fraction of sp³-hybridized carbons (Fsp3) is 0.571. The summed E-state index contributed by atoms with van der Waals surface area (Å²) < 4.78 is 0. The monoisotopic (exact) mass is 265 g/mol. The van der Waals surface area contributed by atoms with Crippen molar-refractivity contribution in [2.75, 3.05) is 25.6 Å². The number of aliphatic hydroxyl groups excluding tert-OH is 1. The van der Waals surface area contributed by atoms with Crippen LogP contribution in [0.25, 0.3) is 0 Å². The van der Waals surface area contributed by atoms with Gasteiger partial charge in [0.2, 0.25) is 0 Å². The Morgan fingerprint density at radius 2 is 2.16 bits per heavy atom. The SMILES string of the molecule is CC(C)CC(CO)NC(=O)c1cccnc1N(C)C. The van der Waals surface area contributed by atoms with E-state index in [0.29, 0.717) is 17.3 Å². The summed E-state index contributed by atoms with van der Waals surface area (Å²) in [5, 5.41) is 12.2. The molecule has 0 radical (unpaired) electrons. The Morgan fingerprint density at radius 1 is 1.47 bits per heavy atom. The molecule has 5 heteroatoms. The van der Waals surface area contributed by atoms with Crippen molar-refractivity contribution in [3.63, 3.8) is 0 Å². The van der Waals surface area contributed by atoms with E-state index in [-0.39, 0.29) is 18.6 Å². The molecule has 0 aliphatic rings. The highest BCUT2D eigenvalue weighted by atomic mass is 16.3. The molecule has 1 heterocycles. The number of pyridine rings is 1. The zero-order valence-electron chi connectivity index (χ0n) is 12.1. The first-order chi connectivity index (χ1) is 8.95. The third-order valence-electron chi connectivity index (χ3n) is 2.77. The largest absolute Gasteiger partial charge is 0.394 e. The van der Waals surface area contributed by atoms with Crippen LogP contribution in [0.5, 0.6) is 0 Å². The van der Waals surface area contributed by atoms with Gasteiger partial charge in [-0.1, -0.05) is 13.8 Å². The molecular formula is C14H23N3O2. The van der Waals surface area contributed by atoms with Gasteiger partial charge < -0.3 is 15.3 Å². The van der Waals surface area contributed by atoms with E-state index in [2.05, 4.69) is 24.1 Å². The van der Waals surface area contributed by atoms with Crippen LogP contribution in [0, 0.1) is 5.92 Å². The van der Waals surface area contributed by atoms with Gasteiger partial charge in [0.1, 0.15) is 5.82 Å². The molecule has 106 valence electrons. The van der Waals surface area contributed by atoms with Crippen LogP contribution in [0.15, 0.2) is 18.3 Å². The minimum Gasteiger partial charge on any atom is -0.394 e. The van der Waals surface area contributed by atoms with Gasteiger partial charge in [-0.25, -0.2) is 4.98 Å². The van der Waals surface area contributed by atoms with Crippen molar-refractivity contribution in [1.82, 2.24) is 10.3 Å². The number of hydrogen-bond donors (Lipinski definition) is 2. The second kappa shape index (κ2) is 7.09. The second-order valence-corrected chi connectivity index (χ2v) is 5.25. The lowest BCUT2D eigenvalue weighted by molar-refractivity contribution is 0.0908. The summed E-state index contributed by atoms with van der Waals surface area (Å²) in [6.45, 7) is 4.07. The fourth-order valence-electron chi connectivity index (χ4n) is 1.94. The van der Waals surface area contributed by atoms with Crippen molar-refractivity contribution in [2.45, 2.75) is 26.3 Å². The van der Waals surface area contributed by atoms with E-state index in [9.17, 15) is 9.90 Å². The Labute approximate surface area is 114 Å². The van der Waals surface area contributed by atoms with E-state index >= 15 is 0 Å². The number of aromatic nitrogens is 1. The highest BCUT2D eigenvalue weighted by Crippen LogP contribution is 2.15. The number of rotatable bonds is 6. The number of aliphatic hydroxyl groups is 1. The van der Waals surface area contributed by atoms with Gasteiger partial charge in [0, 0.05) is 20.3 Å². The molecule has 0 spiro atoms. The molecule has 0 aliphatic heterocycles. The minimum atomic E-state index is -0.220. The van der Waals surface area contributed by atoms with Crippen LogP contribution in [0.3, 0.4) is 0 Å². The van der Waals surface area contributed by atoms with Gasteiger partial charge >= 0.3 is 0 Å². The third-order valence-corrected chi connectivity index (χ3v) is 2.77. The van der Waals surface area contributed by atoms with E-state index in [1.165, 1.54) is 0 Å². The van der Waals surface area contributed by atoms with Crippen molar-refractivity contribution >= 4 is 11.7 Å². The van der Waals surface area contributed by atoms with Crippen molar-refractivity contribution in [2.24, 2.45) is 5.92 Å². The number of anilines is 1. The first-order valence-electron chi connectivity index (χ1n) is 6.49. The second-order valence-electron chi connectivity index (χ2n) is 5.25. The van der Waals surface area contributed by atoms with Gasteiger partial charge in [-0.15, -0.1) is 0 Å². The molecule has 1 aromatic rings. The summed E-state index contributed by atoms with van der Waals surface area (Å²) in [6.07, 6.45) is 2.41. The predicted molar refractivity (Wildman–Crippen MR) is 76.4 cm³/mol. The molecule has 19 heavy (non-hydrogen) atoms. The van der Waals surface area contributed by atoms with Crippen LogP contribution < -0.4 is 10.2 Å². The van der Waals surface area contributed by atoms with Gasteiger partial charge in [-0.2, -0.15) is 0 Å². The van der Waals surface area contributed by atoms with Crippen molar-refractivity contribution < 1.29 is 9.90 Å². The first-order valence-corrected chi connectivity index (χ1v) is 6.49. The Kier molecular flexibility index (Phi) is 5.76. The Bertz CT molecular complexity index is 419. The summed E-state index contributed by atoms with van der Waals surface area (Å²) >= 11 is 0. The average molecular weight is 265 g/mol. The van der Waals surface area contributed by atoms with Crippen LogP contribution in [0.1, 0.15) is 30.6 Å². The Balaban J connectivity index is 2.83. The normalized spacial score (nSPS) is 12.3. The average Bonchev–Trinajstić information content (AvgIpc) is 2.37. The molecule has 1 atom stereocenters. The van der Waals surface area contributed by atoms with E-state index in [1.807, 2.05) is 14.1 Å². The fourth-order valence-corrected chi connectivity index (χ4v) is 1.94. The molecule has 0 aliphatic carbocycles. The van der Waals surface area contributed by atoms with Crippen LogP contribution in [0.4, 0.5) is 5.82 Å². The molecule has 2 N–H and O–H groups in total. The zero-order chi connectivity index (χ0) is 14.4. The molecule has 1 rings (SSSR count). The van der Waals surface area contributed by atoms with Crippen LogP contribution in [-0.2, 0) is 0 Å². The van der Waals surface area contributed by atoms with Crippen LogP contribution >= 0.6 is 0 Å². The number of hydrogen-bond acceptors (Lipinski definition) is 4. The third kappa shape index (κ3) is 4.52. The number of carbonyl (C=O) groups is 1. The van der Waals surface area contributed by atoms with Crippen molar-refractivity contribution in [3.8, 4) is 0 Å². The maximum Gasteiger partial charge on any atom is 0.255 e. The van der Waals surface area contributed by atoms with E-state index in [4.69, 9.17) is 0 Å². The summed E-state index contributed by atoms with van der Waals surface area (Å²) in [5.41, 5.74) is 0.523. The molecular weight excluding hydrogens is 242 g/mol. The molecule has 0 bridgehead atoms.